The third-order valence-electron chi connectivity index (χ3n) is 3.40. The van der Waals surface area contributed by atoms with Gasteiger partial charge in [0.25, 0.3) is 5.89 Å². The fourth-order valence-corrected chi connectivity index (χ4v) is 2.20. The largest absolute Gasteiger partial charge is 0.493 e. The Labute approximate surface area is 133 Å². The molecule has 8 nitrogen and oxygen atoms in total. The normalized spacial score (nSPS) is 10.6. The first-order chi connectivity index (χ1) is 11.2. The summed E-state index contributed by atoms with van der Waals surface area (Å²) in [6, 6.07) is 7.71. The summed E-state index contributed by atoms with van der Waals surface area (Å²) in [5.41, 5.74) is 1.68. The number of nitrogens with one attached hydrogen (secondary N) is 1. The van der Waals surface area contributed by atoms with E-state index in [-0.39, 0.29) is 0 Å². The van der Waals surface area contributed by atoms with Gasteiger partial charge in [-0.15, -0.1) is 5.10 Å². The molecule has 2 heterocycles. The number of anilines is 1. The molecule has 1 aromatic carbocycles. The number of hydrogen-bond acceptors (Lipinski definition) is 7. The number of aryl methyl sites for hydroxylation is 1. The molecule has 1 N–H and O–H groups in total. The van der Waals surface area contributed by atoms with Crippen LogP contribution in [0.2, 0.25) is 0 Å². The van der Waals surface area contributed by atoms with E-state index in [9.17, 15) is 0 Å². The van der Waals surface area contributed by atoms with Crippen molar-refractivity contribution in [3.05, 3.63) is 36.2 Å². The van der Waals surface area contributed by atoms with E-state index in [1.54, 1.807) is 31.2 Å². The van der Waals surface area contributed by atoms with Gasteiger partial charge in [0.05, 0.1) is 32.0 Å². The Bertz CT molecular complexity index is 796. The smallest absolute Gasteiger partial charge is 0.316 e. The molecule has 2 aromatic heterocycles. The Morgan fingerprint density at radius 1 is 1.17 bits per heavy atom. The van der Waals surface area contributed by atoms with Gasteiger partial charge in [0, 0.05) is 13.2 Å². The van der Waals surface area contributed by atoms with Crippen LogP contribution in [0.4, 0.5) is 6.01 Å². The third-order valence-corrected chi connectivity index (χ3v) is 3.40. The molecular weight excluding hydrogens is 298 g/mol. The van der Waals surface area contributed by atoms with Crippen LogP contribution in [0.15, 0.2) is 34.9 Å². The van der Waals surface area contributed by atoms with Crippen molar-refractivity contribution in [1.82, 2.24) is 20.0 Å². The molecule has 3 rings (SSSR count). The average molecular weight is 315 g/mol. The molecule has 0 spiro atoms. The molecule has 23 heavy (non-hydrogen) atoms. The minimum atomic E-state index is 0.325. The number of hydrogen-bond donors (Lipinski definition) is 1. The van der Waals surface area contributed by atoms with Crippen molar-refractivity contribution in [2.45, 2.75) is 6.54 Å². The van der Waals surface area contributed by atoms with Crippen molar-refractivity contribution in [1.29, 1.82) is 0 Å². The van der Waals surface area contributed by atoms with E-state index in [0.717, 1.165) is 5.69 Å². The van der Waals surface area contributed by atoms with Crippen molar-refractivity contribution < 1.29 is 13.9 Å². The molecule has 0 amide bonds. The highest BCUT2D eigenvalue weighted by atomic mass is 16.5. The van der Waals surface area contributed by atoms with Gasteiger partial charge in [0.1, 0.15) is 0 Å². The van der Waals surface area contributed by atoms with Crippen LogP contribution in [0, 0.1) is 0 Å². The number of nitrogens with zero attached hydrogens (tertiary/aromatic N) is 4. The Morgan fingerprint density at radius 2 is 2.04 bits per heavy atom. The van der Waals surface area contributed by atoms with Gasteiger partial charge in [0.2, 0.25) is 0 Å². The molecule has 0 saturated heterocycles. The lowest BCUT2D eigenvalue weighted by Gasteiger charge is -2.09. The lowest BCUT2D eigenvalue weighted by atomic mass is 10.2. The first kappa shape index (κ1) is 14.9. The van der Waals surface area contributed by atoms with Gasteiger partial charge < -0.3 is 19.2 Å². The molecule has 0 unspecified atom stereocenters. The fraction of sp³-hybridized carbons (Fsp3) is 0.267. The highest BCUT2D eigenvalue weighted by molar-refractivity contribution is 5.67. The minimum absolute atomic E-state index is 0.325. The van der Waals surface area contributed by atoms with Gasteiger partial charge in [-0.1, -0.05) is 11.2 Å². The van der Waals surface area contributed by atoms with E-state index in [4.69, 9.17) is 13.9 Å². The van der Waals surface area contributed by atoms with Gasteiger partial charge in [-0.25, -0.2) is 0 Å². The summed E-state index contributed by atoms with van der Waals surface area (Å²) in [4.78, 5) is 0. The Balaban J connectivity index is 1.81. The van der Waals surface area contributed by atoms with Crippen molar-refractivity contribution in [2.75, 3.05) is 19.5 Å². The van der Waals surface area contributed by atoms with Gasteiger partial charge in [-0.05, 0) is 18.2 Å². The summed E-state index contributed by atoms with van der Waals surface area (Å²) in [5, 5.41) is 15.2. The number of benzene rings is 1. The average Bonchev–Trinajstić information content (AvgIpc) is 3.21. The maximum absolute atomic E-state index is 5.65. The summed E-state index contributed by atoms with van der Waals surface area (Å²) >= 11 is 0. The molecule has 0 aliphatic rings. The molecule has 0 aliphatic heterocycles. The lowest BCUT2D eigenvalue weighted by molar-refractivity contribution is 0.355. The van der Waals surface area contributed by atoms with Gasteiger partial charge >= 0.3 is 6.01 Å². The van der Waals surface area contributed by atoms with Gasteiger partial charge in [0.15, 0.2) is 11.5 Å². The van der Waals surface area contributed by atoms with Crippen molar-refractivity contribution in [3.8, 4) is 23.0 Å². The van der Waals surface area contributed by atoms with E-state index in [0.29, 0.717) is 35.5 Å². The first-order valence-electron chi connectivity index (χ1n) is 6.98. The second-order valence-electron chi connectivity index (χ2n) is 4.75. The van der Waals surface area contributed by atoms with Crippen molar-refractivity contribution in [2.24, 2.45) is 7.05 Å². The van der Waals surface area contributed by atoms with E-state index < -0.39 is 0 Å². The number of aromatic nitrogens is 4. The quantitative estimate of drug-likeness (QED) is 0.745. The highest BCUT2D eigenvalue weighted by Crippen LogP contribution is 2.37. The molecule has 3 aromatic rings. The van der Waals surface area contributed by atoms with Crippen LogP contribution in [0.5, 0.6) is 11.5 Å². The van der Waals surface area contributed by atoms with Crippen molar-refractivity contribution in [3.63, 3.8) is 0 Å². The number of methoxy groups -OCH3 is 2. The topological polar surface area (TPSA) is 87.2 Å². The standard InChI is InChI=1S/C15H17N5O3/c1-20-10(7-8-17-20)9-16-15-19-18-14(23-15)11-5-4-6-12(21-2)13(11)22-3/h4-8H,9H2,1-3H3,(H,16,19). The molecule has 8 heteroatoms. The summed E-state index contributed by atoms with van der Waals surface area (Å²) < 4.78 is 18.1. The monoisotopic (exact) mass is 315 g/mol. The third kappa shape index (κ3) is 2.96. The van der Waals surface area contributed by atoms with Gasteiger partial charge in [-0.3, -0.25) is 4.68 Å². The maximum atomic E-state index is 5.65. The van der Waals surface area contributed by atoms with Crippen LogP contribution in [0.3, 0.4) is 0 Å². The second-order valence-corrected chi connectivity index (χ2v) is 4.75. The molecule has 0 fully saturated rings. The summed E-state index contributed by atoms with van der Waals surface area (Å²) in [5.74, 6) is 1.51. The van der Waals surface area contributed by atoms with E-state index in [2.05, 4.69) is 20.6 Å². The minimum Gasteiger partial charge on any atom is -0.493 e. The summed E-state index contributed by atoms with van der Waals surface area (Å²) in [6.07, 6.45) is 1.73. The van der Waals surface area contributed by atoms with Crippen LogP contribution in [-0.2, 0) is 13.6 Å². The summed E-state index contributed by atoms with van der Waals surface area (Å²) in [6.45, 7) is 0.535. The molecule has 0 atom stereocenters. The zero-order valence-electron chi connectivity index (χ0n) is 13.1. The van der Waals surface area contributed by atoms with Crippen molar-refractivity contribution >= 4 is 6.01 Å². The lowest BCUT2D eigenvalue weighted by Crippen LogP contribution is -2.05. The zero-order chi connectivity index (χ0) is 16.2. The van der Waals surface area contributed by atoms with E-state index in [1.807, 2.05) is 25.2 Å². The van der Waals surface area contributed by atoms with Crippen LogP contribution in [0.1, 0.15) is 5.69 Å². The van der Waals surface area contributed by atoms with E-state index >= 15 is 0 Å². The SMILES string of the molecule is COc1cccc(-c2nnc(NCc3ccnn3C)o2)c1OC. The molecule has 120 valence electrons. The Morgan fingerprint density at radius 3 is 2.74 bits per heavy atom. The fourth-order valence-electron chi connectivity index (χ4n) is 2.20. The number of ether oxygens (including phenoxy) is 2. The first-order valence-corrected chi connectivity index (χ1v) is 6.98. The number of para-hydroxylation sites is 1. The molecule has 0 saturated carbocycles. The predicted octanol–water partition coefficient (Wildman–Crippen LogP) is 2.10. The van der Waals surface area contributed by atoms with Crippen LogP contribution in [0.25, 0.3) is 11.5 Å². The van der Waals surface area contributed by atoms with Crippen LogP contribution < -0.4 is 14.8 Å². The molecule has 0 aliphatic carbocycles. The molecular formula is C15H17N5O3. The zero-order valence-corrected chi connectivity index (χ0v) is 13.1. The van der Waals surface area contributed by atoms with E-state index in [1.165, 1.54) is 0 Å². The maximum Gasteiger partial charge on any atom is 0.316 e. The highest BCUT2D eigenvalue weighted by Gasteiger charge is 2.17. The molecule has 0 bridgehead atoms. The van der Waals surface area contributed by atoms with Gasteiger partial charge in [-0.2, -0.15) is 5.10 Å². The number of rotatable bonds is 6. The summed E-state index contributed by atoms with van der Waals surface area (Å²) in [7, 11) is 5.02. The second kappa shape index (κ2) is 6.39. The Kier molecular flexibility index (Phi) is 4.13. The molecule has 0 radical (unpaired) electrons. The Hall–Kier alpha value is -3.03. The predicted molar refractivity (Wildman–Crippen MR) is 83.4 cm³/mol. The van der Waals surface area contributed by atoms with Crippen LogP contribution >= 0.6 is 0 Å². The van der Waals surface area contributed by atoms with Crippen LogP contribution in [-0.4, -0.2) is 34.2 Å².